The summed E-state index contributed by atoms with van der Waals surface area (Å²) in [5.74, 6) is 0.542. The first kappa shape index (κ1) is 14.3. The first-order chi connectivity index (χ1) is 10.1. The molecule has 1 spiro atoms. The molecule has 1 aromatic carbocycles. The molecular weight excluding hydrogens is 306 g/mol. The second kappa shape index (κ2) is 4.16. The number of aliphatic hydroxyl groups is 1. The van der Waals surface area contributed by atoms with E-state index in [9.17, 15) is 15.0 Å². The lowest BCUT2D eigenvalue weighted by Gasteiger charge is -2.59. The quantitative estimate of drug-likeness (QED) is 0.659. The zero-order chi connectivity index (χ0) is 14.4. The minimum atomic E-state index is -0.962. The molecule has 1 aromatic rings. The van der Waals surface area contributed by atoms with Gasteiger partial charge in [0.1, 0.15) is 0 Å². The fraction of sp³-hybridized carbons (Fsp3) is 0.562. The van der Waals surface area contributed by atoms with Crippen LogP contribution in [0.15, 0.2) is 12.1 Å². The normalized spacial score (nSPS) is 40.5. The number of ketones is 1. The number of halogens is 1. The largest absolute Gasteiger partial charge is 0.504 e. The Balaban J connectivity index is 0.00000125. The number of phenols is 1. The van der Waals surface area contributed by atoms with E-state index in [1.807, 2.05) is 6.07 Å². The number of piperidine rings is 1. The van der Waals surface area contributed by atoms with Gasteiger partial charge in [-0.05, 0) is 37.4 Å². The van der Waals surface area contributed by atoms with Crippen molar-refractivity contribution in [3.63, 3.8) is 0 Å². The maximum absolute atomic E-state index is 12.4. The molecule has 118 valence electrons. The first-order valence-electron chi connectivity index (χ1n) is 7.58. The van der Waals surface area contributed by atoms with Gasteiger partial charge in [0, 0.05) is 18.0 Å². The summed E-state index contributed by atoms with van der Waals surface area (Å²) in [4.78, 5) is 12.4. The number of hydrogen-bond acceptors (Lipinski definition) is 5. The summed E-state index contributed by atoms with van der Waals surface area (Å²) in [6.45, 7) is 0.759. The minimum Gasteiger partial charge on any atom is -0.504 e. The Morgan fingerprint density at radius 2 is 2.14 bits per heavy atom. The lowest BCUT2D eigenvalue weighted by atomic mass is 9.49. The predicted octanol–water partition coefficient (Wildman–Crippen LogP) is 0.825. The number of hydrogen-bond donors (Lipinski definition) is 3. The summed E-state index contributed by atoms with van der Waals surface area (Å²) in [7, 11) is 0. The van der Waals surface area contributed by atoms with Crippen LogP contribution in [0.1, 0.15) is 30.4 Å². The number of Topliss-reactive ketones (excluding diaryl/α,β-unsaturated/α-hetero) is 1. The maximum Gasteiger partial charge on any atom is 0.174 e. The Bertz CT molecular complexity index is 693. The average Bonchev–Trinajstić information content (AvgIpc) is 2.80. The van der Waals surface area contributed by atoms with Crippen molar-refractivity contribution in [2.45, 2.75) is 48.8 Å². The highest BCUT2D eigenvalue weighted by Crippen LogP contribution is 2.63. The van der Waals surface area contributed by atoms with Crippen LogP contribution >= 0.6 is 12.4 Å². The topological polar surface area (TPSA) is 78.8 Å². The number of phenolic OH excluding ortho intramolecular Hbond substituents is 1. The molecule has 0 aromatic heterocycles. The molecule has 0 amide bonds. The fourth-order valence-electron chi connectivity index (χ4n) is 5.22. The van der Waals surface area contributed by atoms with Gasteiger partial charge >= 0.3 is 0 Å². The van der Waals surface area contributed by atoms with Gasteiger partial charge in [-0.25, -0.2) is 0 Å². The van der Waals surface area contributed by atoms with E-state index in [2.05, 4.69) is 5.32 Å². The molecule has 2 aliphatic heterocycles. The van der Waals surface area contributed by atoms with Crippen LogP contribution in [0.25, 0.3) is 0 Å². The fourth-order valence-corrected chi connectivity index (χ4v) is 5.22. The average molecular weight is 324 g/mol. The standard InChI is InChI=1S/C16H17NO4.ClH/c18-9-2-1-8-7-11-16(20)4-3-10(19)14-15(16,5-6-17-11)12(8)13(9)21-14;/h1-2,11,14,17-18,20H,3-7H2;1H. The zero-order valence-corrected chi connectivity index (χ0v) is 12.8. The Morgan fingerprint density at radius 3 is 2.95 bits per heavy atom. The van der Waals surface area contributed by atoms with E-state index >= 15 is 0 Å². The van der Waals surface area contributed by atoms with Gasteiger partial charge in [-0.3, -0.25) is 4.79 Å². The van der Waals surface area contributed by atoms with Crippen molar-refractivity contribution in [2.24, 2.45) is 0 Å². The molecule has 0 radical (unpaired) electrons. The van der Waals surface area contributed by atoms with E-state index in [1.165, 1.54) is 0 Å². The summed E-state index contributed by atoms with van der Waals surface area (Å²) < 4.78 is 5.90. The van der Waals surface area contributed by atoms with Crippen molar-refractivity contribution in [3.8, 4) is 11.5 Å². The van der Waals surface area contributed by atoms with E-state index in [1.54, 1.807) is 6.07 Å². The summed E-state index contributed by atoms with van der Waals surface area (Å²) in [6, 6.07) is 3.49. The molecule has 6 heteroatoms. The van der Waals surface area contributed by atoms with Crippen molar-refractivity contribution in [3.05, 3.63) is 23.3 Å². The second-order valence-corrected chi connectivity index (χ2v) is 6.77. The van der Waals surface area contributed by atoms with Crippen LogP contribution in [0.3, 0.4) is 0 Å². The number of ether oxygens (including phenoxy) is 1. The van der Waals surface area contributed by atoms with E-state index in [-0.39, 0.29) is 30.0 Å². The minimum absolute atomic E-state index is 0. The van der Waals surface area contributed by atoms with Gasteiger partial charge in [0.05, 0.1) is 11.0 Å². The zero-order valence-electron chi connectivity index (χ0n) is 12.0. The molecule has 2 bridgehead atoms. The molecule has 5 nitrogen and oxygen atoms in total. The number of carbonyl (C=O) groups excluding carboxylic acids is 1. The second-order valence-electron chi connectivity index (χ2n) is 6.77. The number of carbonyl (C=O) groups is 1. The third-order valence-corrected chi connectivity index (χ3v) is 6.08. The lowest BCUT2D eigenvalue weighted by molar-refractivity contribution is -0.166. The number of rotatable bonds is 0. The highest BCUT2D eigenvalue weighted by atomic mass is 35.5. The van der Waals surface area contributed by atoms with Gasteiger partial charge < -0.3 is 20.3 Å². The van der Waals surface area contributed by atoms with Gasteiger partial charge in [-0.1, -0.05) is 6.07 Å². The highest BCUT2D eigenvalue weighted by molar-refractivity contribution is 5.90. The lowest BCUT2D eigenvalue weighted by Crippen LogP contribution is -2.76. The molecular formula is C16H18ClNO4. The molecule has 1 saturated carbocycles. The molecule has 2 aliphatic carbocycles. The first-order valence-corrected chi connectivity index (χ1v) is 7.58. The Hall–Kier alpha value is -1.30. The number of nitrogens with one attached hydrogen (secondary N) is 1. The van der Waals surface area contributed by atoms with Crippen LogP contribution in [-0.2, 0) is 16.6 Å². The number of benzene rings is 1. The molecule has 4 aliphatic rings. The Labute approximate surface area is 134 Å². The van der Waals surface area contributed by atoms with Crippen molar-refractivity contribution in [1.29, 1.82) is 0 Å². The molecule has 1 saturated heterocycles. The van der Waals surface area contributed by atoms with Crippen LogP contribution in [0.4, 0.5) is 0 Å². The van der Waals surface area contributed by atoms with Crippen molar-refractivity contribution in [2.75, 3.05) is 6.54 Å². The molecule has 2 fully saturated rings. The van der Waals surface area contributed by atoms with Crippen LogP contribution in [0, 0.1) is 0 Å². The summed E-state index contributed by atoms with van der Waals surface area (Å²) >= 11 is 0. The van der Waals surface area contributed by atoms with Crippen molar-refractivity contribution < 1.29 is 19.7 Å². The van der Waals surface area contributed by atoms with E-state index in [0.717, 1.165) is 17.7 Å². The third kappa shape index (κ3) is 1.28. The highest BCUT2D eigenvalue weighted by Gasteiger charge is 2.71. The van der Waals surface area contributed by atoms with Crippen LogP contribution in [0.5, 0.6) is 11.5 Å². The summed E-state index contributed by atoms with van der Waals surface area (Å²) in [5.41, 5.74) is 0.332. The SMILES string of the molecule is Cl.O=C1CCC2(O)C3Cc4ccc(O)c5c4C2(CCN3)C1O5. The van der Waals surface area contributed by atoms with E-state index in [0.29, 0.717) is 31.4 Å². The van der Waals surface area contributed by atoms with Gasteiger partial charge in [0.15, 0.2) is 23.4 Å². The van der Waals surface area contributed by atoms with E-state index < -0.39 is 17.1 Å². The predicted molar refractivity (Wildman–Crippen MR) is 80.8 cm³/mol. The Kier molecular flexibility index (Phi) is 2.70. The van der Waals surface area contributed by atoms with Gasteiger partial charge in [0.25, 0.3) is 0 Å². The van der Waals surface area contributed by atoms with Crippen LogP contribution in [-0.4, -0.2) is 40.3 Å². The molecule has 4 unspecified atom stereocenters. The Morgan fingerprint density at radius 1 is 1.32 bits per heavy atom. The maximum atomic E-state index is 12.4. The van der Waals surface area contributed by atoms with Crippen LogP contribution in [0.2, 0.25) is 0 Å². The summed E-state index contributed by atoms with van der Waals surface area (Å²) in [5, 5.41) is 25.0. The third-order valence-electron chi connectivity index (χ3n) is 6.08. The van der Waals surface area contributed by atoms with Gasteiger partial charge in [-0.2, -0.15) is 0 Å². The summed E-state index contributed by atoms with van der Waals surface area (Å²) in [6.07, 6.45) is 1.54. The molecule has 2 heterocycles. The van der Waals surface area contributed by atoms with Crippen molar-refractivity contribution >= 4 is 18.2 Å². The van der Waals surface area contributed by atoms with E-state index in [4.69, 9.17) is 4.74 Å². The van der Waals surface area contributed by atoms with Gasteiger partial charge in [0.2, 0.25) is 0 Å². The van der Waals surface area contributed by atoms with Crippen molar-refractivity contribution in [1.82, 2.24) is 5.32 Å². The van der Waals surface area contributed by atoms with Crippen LogP contribution < -0.4 is 10.1 Å². The molecule has 5 rings (SSSR count). The number of aromatic hydroxyl groups is 1. The van der Waals surface area contributed by atoms with Gasteiger partial charge in [-0.15, -0.1) is 12.4 Å². The molecule has 4 atom stereocenters. The molecule has 3 N–H and O–H groups in total. The molecule has 22 heavy (non-hydrogen) atoms. The monoisotopic (exact) mass is 323 g/mol. The smallest absolute Gasteiger partial charge is 0.174 e.